The molecule has 7 nitrogen and oxygen atoms in total. The molecule has 0 spiro atoms. The number of hydrogen-bond acceptors (Lipinski definition) is 6. The second kappa shape index (κ2) is 12.4. The van der Waals surface area contributed by atoms with E-state index in [1.807, 2.05) is 12.1 Å². The number of carbonyl (C=O) groups is 3. The van der Waals surface area contributed by atoms with Crippen LogP contribution in [-0.4, -0.2) is 78.4 Å². The number of Topliss-reactive ketones (excluding diaryl/α,β-unsaturated/α-hetero) is 2. The number of nitrogens with zero attached hydrogens (tertiary/aromatic N) is 2. The molecule has 2 aromatic carbocycles. The van der Waals surface area contributed by atoms with Gasteiger partial charge in [0.2, 0.25) is 0 Å². The summed E-state index contributed by atoms with van der Waals surface area (Å²) in [5, 5.41) is 9.18. The average molecular weight is 477 g/mol. The predicted molar refractivity (Wildman–Crippen MR) is 133 cm³/mol. The van der Waals surface area contributed by atoms with E-state index in [4.69, 9.17) is 4.74 Å². The van der Waals surface area contributed by atoms with Crippen LogP contribution in [0.1, 0.15) is 53.4 Å². The molecule has 35 heavy (non-hydrogen) atoms. The van der Waals surface area contributed by atoms with Crippen molar-refractivity contribution < 1.29 is 24.2 Å². The van der Waals surface area contributed by atoms with Gasteiger partial charge in [0.25, 0.3) is 5.91 Å². The van der Waals surface area contributed by atoms with Gasteiger partial charge in [0, 0.05) is 49.3 Å². The van der Waals surface area contributed by atoms with Crippen molar-refractivity contribution in [3.63, 3.8) is 0 Å². The number of morpholine rings is 1. The van der Waals surface area contributed by atoms with Gasteiger partial charge in [-0.1, -0.05) is 30.9 Å². The van der Waals surface area contributed by atoms with Gasteiger partial charge in [-0.05, 0) is 48.9 Å². The Kier molecular flexibility index (Phi) is 9.32. The first kappa shape index (κ1) is 26.3. The Labute approximate surface area is 206 Å². The van der Waals surface area contributed by atoms with Crippen LogP contribution in [0, 0.1) is 11.8 Å². The first-order valence-electron chi connectivity index (χ1n) is 11.8. The largest absolute Gasteiger partial charge is 0.388 e. The zero-order chi connectivity index (χ0) is 25.4. The van der Waals surface area contributed by atoms with E-state index in [1.54, 1.807) is 31.2 Å². The van der Waals surface area contributed by atoms with E-state index in [1.165, 1.54) is 12.6 Å². The number of amides is 1. The Hall–Kier alpha value is -3.31. The Morgan fingerprint density at radius 3 is 2.03 bits per heavy atom. The van der Waals surface area contributed by atoms with Gasteiger partial charge in [-0.2, -0.15) is 0 Å². The fourth-order valence-corrected chi connectivity index (χ4v) is 4.07. The third-order valence-corrected chi connectivity index (χ3v) is 6.29. The second-order valence-corrected chi connectivity index (χ2v) is 8.54. The van der Waals surface area contributed by atoms with Crippen LogP contribution < -0.4 is 0 Å². The Bertz CT molecular complexity index is 1080. The quantitative estimate of drug-likeness (QED) is 0.465. The highest BCUT2D eigenvalue weighted by Gasteiger charge is 2.32. The van der Waals surface area contributed by atoms with Gasteiger partial charge in [0.05, 0.1) is 13.2 Å². The summed E-state index contributed by atoms with van der Waals surface area (Å²) in [5.74, 6) is 4.68. The number of carbonyl (C=O) groups excluding carboxylic acids is 3. The van der Waals surface area contributed by atoms with Gasteiger partial charge in [-0.25, -0.2) is 0 Å². The zero-order valence-corrected chi connectivity index (χ0v) is 20.5. The molecular weight excluding hydrogens is 444 g/mol. The minimum Gasteiger partial charge on any atom is -0.388 e. The SMILES string of the molecule is CCC(=O)C(C(=O)CO)N(C)C(=O)c1ccc(C#Cc2ccc(C(C)N3CCOCC3)cc2)cc1. The predicted octanol–water partition coefficient (Wildman–Crippen LogP) is 2.46. The number of rotatable bonds is 8. The highest BCUT2D eigenvalue weighted by atomic mass is 16.5. The van der Waals surface area contributed by atoms with Gasteiger partial charge < -0.3 is 14.7 Å². The first-order valence-corrected chi connectivity index (χ1v) is 11.8. The molecular formula is C28H32N2O5. The summed E-state index contributed by atoms with van der Waals surface area (Å²) >= 11 is 0. The third kappa shape index (κ3) is 6.64. The second-order valence-electron chi connectivity index (χ2n) is 8.54. The van der Waals surface area contributed by atoms with Gasteiger partial charge in [0.15, 0.2) is 17.6 Å². The first-order chi connectivity index (χ1) is 16.8. The maximum absolute atomic E-state index is 12.8. The molecule has 184 valence electrons. The molecule has 1 aliphatic heterocycles. The normalized spacial score (nSPS) is 15.4. The van der Waals surface area contributed by atoms with Crippen LogP contribution in [0.4, 0.5) is 0 Å². The maximum atomic E-state index is 12.8. The number of benzene rings is 2. The topological polar surface area (TPSA) is 87.2 Å². The Morgan fingerprint density at radius 1 is 0.971 bits per heavy atom. The van der Waals surface area contributed by atoms with E-state index in [2.05, 4.69) is 35.8 Å². The molecule has 0 aromatic heterocycles. The standard InChI is InChI=1S/C28H32N2O5/c1-4-25(32)27(26(33)19-31)29(3)28(34)24-13-9-22(10-14-24)6-5-21-7-11-23(12-8-21)20(2)30-15-17-35-18-16-30/h7-14,20,27,31H,4,15-19H2,1-3H3. The summed E-state index contributed by atoms with van der Waals surface area (Å²) in [4.78, 5) is 40.5. The summed E-state index contributed by atoms with van der Waals surface area (Å²) in [6.45, 7) is 6.43. The fourth-order valence-electron chi connectivity index (χ4n) is 4.07. The number of likely N-dealkylation sites (N-methyl/N-ethyl adjacent to an activating group) is 1. The van der Waals surface area contributed by atoms with Crippen molar-refractivity contribution in [2.75, 3.05) is 40.0 Å². The van der Waals surface area contributed by atoms with Crippen LogP contribution in [0.2, 0.25) is 0 Å². The number of aliphatic hydroxyl groups is 1. The van der Waals surface area contributed by atoms with E-state index in [0.717, 1.165) is 42.3 Å². The molecule has 3 rings (SSSR count). The summed E-state index contributed by atoms with van der Waals surface area (Å²) in [6, 6.07) is 14.0. The average Bonchev–Trinajstić information content (AvgIpc) is 2.91. The molecule has 0 bridgehead atoms. The summed E-state index contributed by atoms with van der Waals surface area (Å²) in [6.07, 6.45) is 0.0929. The van der Waals surface area contributed by atoms with Crippen molar-refractivity contribution in [3.05, 3.63) is 70.8 Å². The molecule has 0 saturated carbocycles. The lowest BCUT2D eigenvalue weighted by atomic mass is 10.0. The van der Waals surface area contributed by atoms with Gasteiger partial charge >= 0.3 is 0 Å². The molecule has 1 saturated heterocycles. The third-order valence-electron chi connectivity index (χ3n) is 6.29. The minimum atomic E-state index is -1.29. The van der Waals surface area contributed by atoms with Gasteiger partial charge in [0.1, 0.15) is 6.61 Å². The molecule has 2 aromatic rings. The molecule has 1 aliphatic rings. The van der Waals surface area contributed by atoms with Crippen LogP contribution in [-0.2, 0) is 14.3 Å². The molecule has 1 heterocycles. The van der Waals surface area contributed by atoms with Crippen molar-refractivity contribution in [3.8, 4) is 11.8 Å². The number of aliphatic hydroxyl groups excluding tert-OH is 1. The molecule has 2 unspecified atom stereocenters. The Balaban J connectivity index is 1.66. The molecule has 1 amide bonds. The molecule has 1 fully saturated rings. The van der Waals surface area contributed by atoms with Gasteiger partial charge in [-0.3, -0.25) is 19.3 Å². The summed E-state index contributed by atoms with van der Waals surface area (Å²) in [5.41, 5.74) is 3.21. The highest BCUT2D eigenvalue weighted by Crippen LogP contribution is 2.21. The van der Waals surface area contributed by atoms with E-state index in [-0.39, 0.29) is 6.42 Å². The van der Waals surface area contributed by atoms with Gasteiger partial charge in [-0.15, -0.1) is 0 Å². The molecule has 0 aliphatic carbocycles. The van der Waals surface area contributed by atoms with E-state index >= 15 is 0 Å². The van der Waals surface area contributed by atoms with Crippen LogP contribution >= 0.6 is 0 Å². The lowest BCUT2D eigenvalue weighted by Gasteiger charge is -2.32. The Morgan fingerprint density at radius 2 is 1.51 bits per heavy atom. The monoisotopic (exact) mass is 476 g/mol. The van der Waals surface area contributed by atoms with Crippen molar-refractivity contribution in [1.29, 1.82) is 0 Å². The van der Waals surface area contributed by atoms with Crippen molar-refractivity contribution in [2.45, 2.75) is 32.4 Å². The zero-order valence-electron chi connectivity index (χ0n) is 20.5. The molecule has 1 N–H and O–H groups in total. The smallest absolute Gasteiger partial charge is 0.254 e. The lowest BCUT2D eigenvalue weighted by molar-refractivity contribution is -0.134. The van der Waals surface area contributed by atoms with E-state index < -0.39 is 30.1 Å². The molecule has 2 atom stereocenters. The van der Waals surface area contributed by atoms with E-state index in [9.17, 15) is 19.5 Å². The number of ketones is 2. The maximum Gasteiger partial charge on any atom is 0.254 e. The van der Waals surface area contributed by atoms with Crippen LogP contribution in [0.5, 0.6) is 0 Å². The van der Waals surface area contributed by atoms with Crippen molar-refractivity contribution in [2.24, 2.45) is 0 Å². The van der Waals surface area contributed by atoms with E-state index in [0.29, 0.717) is 11.6 Å². The highest BCUT2D eigenvalue weighted by molar-refractivity contribution is 6.10. The number of hydrogen-bond donors (Lipinski definition) is 1. The van der Waals surface area contributed by atoms with Crippen molar-refractivity contribution in [1.82, 2.24) is 9.80 Å². The van der Waals surface area contributed by atoms with Crippen LogP contribution in [0.25, 0.3) is 0 Å². The van der Waals surface area contributed by atoms with Crippen molar-refractivity contribution >= 4 is 17.5 Å². The summed E-state index contributed by atoms with van der Waals surface area (Å²) in [7, 11) is 1.39. The fraction of sp³-hybridized carbons (Fsp3) is 0.393. The van der Waals surface area contributed by atoms with Crippen LogP contribution in [0.3, 0.4) is 0 Å². The molecule has 7 heteroatoms. The minimum absolute atomic E-state index is 0.0929. The lowest BCUT2D eigenvalue weighted by Crippen LogP contribution is -2.48. The summed E-state index contributed by atoms with van der Waals surface area (Å²) < 4.78 is 5.43. The van der Waals surface area contributed by atoms with Crippen LogP contribution in [0.15, 0.2) is 48.5 Å². The molecule has 0 radical (unpaired) electrons. The number of ether oxygens (including phenoxy) is 1.